The van der Waals surface area contributed by atoms with Gasteiger partial charge in [0.25, 0.3) is 0 Å². The molecule has 0 aliphatic rings. The van der Waals surface area contributed by atoms with Crippen molar-refractivity contribution in [1.29, 1.82) is 10.8 Å². The SMILES string of the molecule is CCCN(C(=N)NC(=N)N)c1ccc(F)cc1F. The molecule has 98 valence electrons. The topological polar surface area (TPSA) is 89.0 Å². The van der Waals surface area contributed by atoms with Crippen molar-refractivity contribution in [1.82, 2.24) is 5.32 Å². The molecule has 0 bridgehead atoms. The van der Waals surface area contributed by atoms with Gasteiger partial charge in [-0.25, -0.2) is 8.78 Å². The summed E-state index contributed by atoms with van der Waals surface area (Å²) in [6.07, 6.45) is 0.652. The van der Waals surface area contributed by atoms with Crippen molar-refractivity contribution in [2.75, 3.05) is 11.4 Å². The van der Waals surface area contributed by atoms with Gasteiger partial charge in [0.2, 0.25) is 5.96 Å². The van der Waals surface area contributed by atoms with Gasteiger partial charge in [-0.3, -0.25) is 16.1 Å². The van der Waals surface area contributed by atoms with Crippen LogP contribution in [0.1, 0.15) is 13.3 Å². The fourth-order valence-electron chi connectivity index (χ4n) is 1.47. The number of rotatable bonds is 3. The number of nitrogens with one attached hydrogen (secondary N) is 3. The molecule has 0 saturated heterocycles. The Morgan fingerprint density at radius 3 is 2.56 bits per heavy atom. The zero-order valence-electron chi connectivity index (χ0n) is 9.93. The minimum absolute atomic E-state index is 0.0667. The first kappa shape index (κ1) is 13.9. The maximum absolute atomic E-state index is 13.6. The van der Waals surface area contributed by atoms with Gasteiger partial charge in [-0.1, -0.05) is 6.92 Å². The Hall–Kier alpha value is -2.18. The molecule has 0 atom stereocenters. The molecule has 18 heavy (non-hydrogen) atoms. The minimum Gasteiger partial charge on any atom is -0.370 e. The van der Waals surface area contributed by atoms with Crippen LogP contribution in [0.2, 0.25) is 0 Å². The van der Waals surface area contributed by atoms with Gasteiger partial charge in [0.05, 0.1) is 5.69 Å². The first-order chi connectivity index (χ1) is 8.45. The number of anilines is 1. The summed E-state index contributed by atoms with van der Waals surface area (Å²) in [5, 5.41) is 17.0. The van der Waals surface area contributed by atoms with Crippen LogP contribution in [0.5, 0.6) is 0 Å². The van der Waals surface area contributed by atoms with E-state index in [1.165, 1.54) is 11.0 Å². The van der Waals surface area contributed by atoms with E-state index >= 15 is 0 Å². The molecular weight excluding hydrogens is 240 g/mol. The molecule has 1 aromatic carbocycles. The van der Waals surface area contributed by atoms with E-state index in [1.54, 1.807) is 0 Å². The van der Waals surface area contributed by atoms with Gasteiger partial charge in [-0.05, 0) is 18.6 Å². The Morgan fingerprint density at radius 2 is 2.06 bits per heavy atom. The molecule has 1 aromatic rings. The van der Waals surface area contributed by atoms with Crippen molar-refractivity contribution in [3.05, 3.63) is 29.8 Å². The number of benzene rings is 1. The van der Waals surface area contributed by atoms with Gasteiger partial charge in [0.1, 0.15) is 11.6 Å². The number of guanidine groups is 2. The van der Waals surface area contributed by atoms with Crippen LogP contribution in [0.3, 0.4) is 0 Å². The third kappa shape index (κ3) is 3.41. The monoisotopic (exact) mass is 255 g/mol. The molecule has 5 N–H and O–H groups in total. The lowest BCUT2D eigenvalue weighted by Crippen LogP contribution is -2.46. The predicted molar refractivity (Wildman–Crippen MR) is 66.8 cm³/mol. The fraction of sp³-hybridized carbons (Fsp3) is 0.273. The van der Waals surface area contributed by atoms with Gasteiger partial charge in [-0.15, -0.1) is 0 Å². The summed E-state index contributed by atoms with van der Waals surface area (Å²) in [5.74, 6) is -2.09. The summed E-state index contributed by atoms with van der Waals surface area (Å²) in [6.45, 7) is 2.21. The average molecular weight is 255 g/mol. The fourth-order valence-corrected chi connectivity index (χ4v) is 1.47. The van der Waals surface area contributed by atoms with Crippen LogP contribution in [-0.4, -0.2) is 18.5 Å². The highest BCUT2D eigenvalue weighted by molar-refractivity contribution is 6.03. The lowest BCUT2D eigenvalue weighted by atomic mass is 10.2. The standard InChI is InChI=1S/C11H15F2N5/c1-2-5-18(11(16)17-10(14)15)9-4-3-7(12)6-8(9)13/h3-4,6H,2,5H2,1H3,(H5,14,15,16,17). The molecule has 0 aromatic heterocycles. The second kappa shape index (κ2) is 5.95. The first-order valence-electron chi connectivity index (χ1n) is 5.38. The van der Waals surface area contributed by atoms with Crippen LogP contribution < -0.4 is 16.0 Å². The molecule has 5 nitrogen and oxygen atoms in total. The minimum atomic E-state index is -0.765. The molecule has 0 aliphatic heterocycles. The molecule has 0 heterocycles. The molecule has 1 rings (SSSR count). The predicted octanol–water partition coefficient (Wildman–Crippen LogP) is 1.60. The van der Waals surface area contributed by atoms with Gasteiger partial charge in [0, 0.05) is 12.6 Å². The Morgan fingerprint density at radius 1 is 1.39 bits per heavy atom. The molecular formula is C11H15F2N5. The number of hydrogen-bond acceptors (Lipinski definition) is 2. The second-order valence-corrected chi connectivity index (χ2v) is 3.63. The summed E-state index contributed by atoms with van der Waals surface area (Å²) < 4.78 is 26.5. The zero-order chi connectivity index (χ0) is 13.7. The molecule has 0 fully saturated rings. The summed E-state index contributed by atoms with van der Waals surface area (Å²) >= 11 is 0. The van der Waals surface area contributed by atoms with Crippen LogP contribution >= 0.6 is 0 Å². The summed E-state index contributed by atoms with van der Waals surface area (Å²) in [7, 11) is 0. The largest absolute Gasteiger partial charge is 0.370 e. The van der Waals surface area contributed by atoms with Crippen molar-refractivity contribution in [2.24, 2.45) is 5.73 Å². The third-order valence-electron chi connectivity index (χ3n) is 2.17. The highest BCUT2D eigenvalue weighted by Gasteiger charge is 2.16. The van der Waals surface area contributed by atoms with E-state index in [4.69, 9.17) is 16.6 Å². The van der Waals surface area contributed by atoms with Gasteiger partial charge in [-0.2, -0.15) is 0 Å². The van der Waals surface area contributed by atoms with E-state index in [-0.39, 0.29) is 11.6 Å². The quantitative estimate of drug-likeness (QED) is 0.488. The van der Waals surface area contributed by atoms with E-state index in [0.29, 0.717) is 13.0 Å². The molecule has 0 spiro atoms. The second-order valence-electron chi connectivity index (χ2n) is 3.63. The molecule has 7 heteroatoms. The Kier molecular flexibility index (Phi) is 4.59. The van der Waals surface area contributed by atoms with Crippen LogP contribution in [0.25, 0.3) is 0 Å². The third-order valence-corrected chi connectivity index (χ3v) is 2.17. The smallest absolute Gasteiger partial charge is 0.202 e. The van der Waals surface area contributed by atoms with Crippen LogP contribution in [0.15, 0.2) is 18.2 Å². The maximum Gasteiger partial charge on any atom is 0.202 e. The van der Waals surface area contributed by atoms with Gasteiger partial charge in [0.15, 0.2) is 5.96 Å². The van der Waals surface area contributed by atoms with Crippen molar-refractivity contribution < 1.29 is 8.78 Å². The summed E-state index contributed by atoms with van der Waals surface area (Å²) in [4.78, 5) is 1.29. The maximum atomic E-state index is 13.6. The van der Waals surface area contributed by atoms with Crippen LogP contribution in [-0.2, 0) is 0 Å². The normalized spacial score (nSPS) is 9.94. The van der Waals surface area contributed by atoms with E-state index in [9.17, 15) is 8.78 Å². The summed E-state index contributed by atoms with van der Waals surface area (Å²) in [6, 6.07) is 3.11. The van der Waals surface area contributed by atoms with Crippen molar-refractivity contribution in [3.63, 3.8) is 0 Å². The van der Waals surface area contributed by atoms with E-state index in [1.807, 2.05) is 6.92 Å². The van der Waals surface area contributed by atoms with Crippen molar-refractivity contribution in [2.45, 2.75) is 13.3 Å². The molecule has 0 unspecified atom stereocenters. The highest BCUT2D eigenvalue weighted by Crippen LogP contribution is 2.20. The number of halogens is 2. The van der Waals surface area contributed by atoms with E-state index in [0.717, 1.165) is 12.1 Å². The summed E-state index contributed by atoms with van der Waals surface area (Å²) in [5.41, 5.74) is 5.19. The van der Waals surface area contributed by atoms with Gasteiger partial charge >= 0.3 is 0 Å². The number of nitrogens with zero attached hydrogens (tertiary/aromatic N) is 1. The van der Waals surface area contributed by atoms with Gasteiger partial charge < -0.3 is 10.6 Å². The first-order valence-corrected chi connectivity index (χ1v) is 5.38. The molecule has 0 radical (unpaired) electrons. The zero-order valence-corrected chi connectivity index (χ0v) is 9.93. The highest BCUT2D eigenvalue weighted by atomic mass is 19.1. The Bertz CT molecular complexity index is 461. The Balaban J connectivity index is 3.03. The number of nitrogens with two attached hydrogens (primary N) is 1. The molecule has 0 amide bonds. The van der Waals surface area contributed by atoms with Crippen LogP contribution in [0, 0.1) is 22.5 Å². The lowest BCUT2D eigenvalue weighted by molar-refractivity contribution is 0.582. The Labute approximate surface area is 104 Å². The number of hydrogen-bond donors (Lipinski definition) is 4. The van der Waals surface area contributed by atoms with E-state index < -0.39 is 17.6 Å². The molecule has 0 aliphatic carbocycles. The van der Waals surface area contributed by atoms with Crippen LogP contribution in [0.4, 0.5) is 14.5 Å². The van der Waals surface area contributed by atoms with Crippen molar-refractivity contribution >= 4 is 17.6 Å². The van der Waals surface area contributed by atoms with E-state index in [2.05, 4.69) is 5.32 Å². The lowest BCUT2D eigenvalue weighted by Gasteiger charge is -2.25. The van der Waals surface area contributed by atoms with Crippen molar-refractivity contribution in [3.8, 4) is 0 Å². The average Bonchev–Trinajstić information content (AvgIpc) is 2.25. The molecule has 0 saturated carbocycles.